The molecule has 0 aliphatic rings. The number of rotatable bonds is 2. The number of benzene rings is 1. The Morgan fingerprint density at radius 2 is 1.92 bits per heavy atom. The monoisotopic (exact) mass is 322 g/mol. The maximum atomic E-state index is 13.1. The van der Waals surface area contributed by atoms with E-state index in [2.05, 4.69) is 20.1 Å². The largest absolute Gasteiger partial charge is 0.382 e. The Hall–Kier alpha value is -3.55. The van der Waals surface area contributed by atoms with Gasteiger partial charge in [0.05, 0.1) is 11.7 Å². The minimum absolute atomic E-state index is 0.262. The molecule has 7 nitrogen and oxygen atoms in total. The van der Waals surface area contributed by atoms with Gasteiger partial charge in [0.2, 0.25) is 0 Å². The van der Waals surface area contributed by atoms with E-state index in [1.807, 2.05) is 0 Å². The number of anilines is 1. The summed E-state index contributed by atoms with van der Waals surface area (Å²) < 4.78 is 14.5. The third-order valence-corrected chi connectivity index (χ3v) is 3.65. The van der Waals surface area contributed by atoms with Gasteiger partial charge in [-0.25, -0.2) is 19.0 Å². The highest BCUT2D eigenvalue weighted by Gasteiger charge is 2.14. The predicted octanol–water partition coefficient (Wildman–Crippen LogP) is 1.89. The second-order valence-electron chi connectivity index (χ2n) is 5.14. The lowest BCUT2D eigenvalue weighted by atomic mass is 10.1. The summed E-state index contributed by atoms with van der Waals surface area (Å²) in [4.78, 5) is 22.8. The van der Waals surface area contributed by atoms with Gasteiger partial charge in [-0.2, -0.15) is 0 Å². The van der Waals surface area contributed by atoms with Crippen molar-refractivity contribution in [2.45, 2.75) is 0 Å². The van der Waals surface area contributed by atoms with Crippen LogP contribution in [0.25, 0.3) is 27.8 Å². The van der Waals surface area contributed by atoms with Gasteiger partial charge >= 0.3 is 0 Å². The standard InChI is InChI=1S/C16H11FN6O/c17-10-3-1-9(2-4-10)12-7-23(22-14(12)18)15-13-11(5-6-19-15)16(24)21-8-20-13/h1-8H,(H2,18,22)(H,20,21,24). The van der Waals surface area contributed by atoms with Crippen LogP contribution in [-0.2, 0) is 0 Å². The van der Waals surface area contributed by atoms with E-state index in [9.17, 15) is 9.18 Å². The summed E-state index contributed by atoms with van der Waals surface area (Å²) >= 11 is 0. The lowest BCUT2D eigenvalue weighted by Crippen LogP contribution is -2.09. The minimum Gasteiger partial charge on any atom is -0.382 e. The highest BCUT2D eigenvalue weighted by molar-refractivity contribution is 5.84. The molecule has 0 saturated heterocycles. The molecule has 1 aromatic carbocycles. The second kappa shape index (κ2) is 5.27. The normalized spacial score (nSPS) is 11.0. The quantitative estimate of drug-likeness (QED) is 0.587. The zero-order chi connectivity index (χ0) is 16.7. The Labute approximate surface area is 134 Å². The van der Waals surface area contributed by atoms with E-state index in [4.69, 9.17) is 5.73 Å². The molecule has 3 N–H and O–H groups in total. The maximum absolute atomic E-state index is 13.1. The number of aromatic nitrogens is 5. The van der Waals surface area contributed by atoms with Crippen molar-refractivity contribution in [3.05, 3.63) is 65.2 Å². The van der Waals surface area contributed by atoms with E-state index < -0.39 is 0 Å². The molecule has 3 aromatic heterocycles. The lowest BCUT2D eigenvalue weighted by Gasteiger charge is -2.03. The predicted molar refractivity (Wildman–Crippen MR) is 87.1 cm³/mol. The number of hydrogen-bond donors (Lipinski definition) is 2. The first-order chi connectivity index (χ1) is 11.6. The third-order valence-electron chi connectivity index (χ3n) is 3.65. The van der Waals surface area contributed by atoms with Crippen molar-refractivity contribution in [3.8, 4) is 16.9 Å². The number of aromatic amines is 1. The summed E-state index contributed by atoms with van der Waals surface area (Å²) in [7, 11) is 0. The van der Waals surface area contributed by atoms with E-state index in [1.54, 1.807) is 24.4 Å². The fraction of sp³-hybridized carbons (Fsp3) is 0. The number of nitrogens with one attached hydrogen (secondary N) is 1. The zero-order valence-corrected chi connectivity index (χ0v) is 12.3. The molecular formula is C16H11FN6O. The lowest BCUT2D eigenvalue weighted by molar-refractivity contribution is 0.628. The minimum atomic E-state index is -0.330. The van der Waals surface area contributed by atoms with Gasteiger partial charge in [-0.3, -0.25) is 4.79 Å². The molecule has 4 aromatic rings. The first kappa shape index (κ1) is 14.1. The van der Waals surface area contributed by atoms with E-state index in [0.717, 1.165) is 5.56 Å². The number of hydrogen-bond acceptors (Lipinski definition) is 5. The van der Waals surface area contributed by atoms with Gasteiger partial charge in [0.15, 0.2) is 11.6 Å². The average molecular weight is 322 g/mol. The fourth-order valence-electron chi connectivity index (χ4n) is 2.50. The molecule has 0 fully saturated rings. The Balaban J connectivity index is 1.90. The summed E-state index contributed by atoms with van der Waals surface area (Å²) in [5, 5.41) is 4.65. The van der Waals surface area contributed by atoms with Crippen molar-refractivity contribution >= 4 is 16.7 Å². The SMILES string of the molecule is Nc1nn(-c2nccc3c(=O)[nH]cnc23)cc1-c1ccc(F)cc1. The summed E-state index contributed by atoms with van der Waals surface area (Å²) in [6.07, 6.45) is 4.49. The third kappa shape index (κ3) is 2.21. The van der Waals surface area contributed by atoms with Gasteiger partial charge in [-0.1, -0.05) is 12.1 Å². The van der Waals surface area contributed by atoms with Gasteiger partial charge in [-0.05, 0) is 23.8 Å². The van der Waals surface area contributed by atoms with E-state index in [0.29, 0.717) is 22.3 Å². The Morgan fingerprint density at radius 1 is 1.12 bits per heavy atom. The van der Waals surface area contributed by atoms with Crippen LogP contribution in [0.1, 0.15) is 0 Å². The van der Waals surface area contributed by atoms with Crippen LogP contribution >= 0.6 is 0 Å². The molecule has 0 radical (unpaired) electrons. The molecule has 0 saturated carbocycles. The van der Waals surface area contributed by atoms with Crippen LogP contribution in [0.4, 0.5) is 10.2 Å². The van der Waals surface area contributed by atoms with E-state index in [-0.39, 0.29) is 17.2 Å². The van der Waals surface area contributed by atoms with Crippen molar-refractivity contribution in [3.63, 3.8) is 0 Å². The fourth-order valence-corrected chi connectivity index (χ4v) is 2.50. The molecule has 24 heavy (non-hydrogen) atoms. The Kier molecular flexibility index (Phi) is 3.09. The molecule has 0 unspecified atom stereocenters. The summed E-state index contributed by atoms with van der Waals surface area (Å²) in [5.41, 5.74) is 7.50. The first-order valence-electron chi connectivity index (χ1n) is 7.07. The molecule has 0 aliphatic carbocycles. The number of H-pyrrole nitrogens is 1. The van der Waals surface area contributed by atoms with Crippen molar-refractivity contribution in [2.24, 2.45) is 0 Å². The molecular weight excluding hydrogens is 311 g/mol. The average Bonchev–Trinajstić information content (AvgIpc) is 2.97. The van der Waals surface area contributed by atoms with Crippen LogP contribution < -0.4 is 11.3 Å². The molecule has 3 heterocycles. The van der Waals surface area contributed by atoms with Crippen LogP contribution in [-0.4, -0.2) is 24.7 Å². The molecule has 0 aliphatic heterocycles. The van der Waals surface area contributed by atoms with E-state index in [1.165, 1.54) is 29.3 Å². The number of nitrogens with zero attached hydrogens (tertiary/aromatic N) is 4. The summed E-state index contributed by atoms with van der Waals surface area (Å²) in [6, 6.07) is 7.52. The van der Waals surface area contributed by atoms with Crippen LogP contribution in [0, 0.1) is 5.82 Å². The summed E-state index contributed by atoms with van der Waals surface area (Å²) in [6.45, 7) is 0. The van der Waals surface area contributed by atoms with Crippen LogP contribution in [0.5, 0.6) is 0 Å². The molecule has 0 amide bonds. The maximum Gasteiger partial charge on any atom is 0.258 e. The highest BCUT2D eigenvalue weighted by Crippen LogP contribution is 2.27. The number of pyridine rings is 1. The van der Waals surface area contributed by atoms with Gasteiger partial charge in [-0.15, -0.1) is 5.10 Å². The topological polar surface area (TPSA) is 102 Å². The molecule has 8 heteroatoms. The van der Waals surface area contributed by atoms with Crippen LogP contribution in [0.2, 0.25) is 0 Å². The Morgan fingerprint density at radius 3 is 2.71 bits per heavy atom. The Bertz CT molecular complexity index is 1100. The number of fused-ring (bicyclic) bond motifs is 1. The number of nitrogens with two attached hydrogens (primary N) is 1. The second-order valence-corrected chi connectivity index (χ2v) is 5.14. The smallest absolute Gasteiger partial charge is 0.258 e. The van der Waals surface area contributed by atoms with Crippen molar-refractivity contribution < 1.29 is 4.39 Å². The number of nitrogen functional groups attached to an aromatic ring is 1. The molecule has 4 rings (SSSR count). The zero-order valence-electron chi connectivity index (χ0n) is 12.3. The highest BCUT2D eigenvalue weighted by atomic mass is 19.1. The van der Waals surface area contributed by atoms with Crippen molar-refractivity contribution in [1.29, 1.82) is 0 Å². The molecule has 0 atom stereocenters. The van der Waals surface area contributed by atoms with Gasteiger partial charge in [0.1, 0.15) is 11.3 Å². The van der Waals surface area contributed by atoms with Gasteiger partial charge in [0, 0.05) is 18.0 Å². The van der Waals surface area contributed by atoms with Crippen molar-refractivity contribution in [1.82, 2.24) is 24.7 Å². The van der Waals surface area contributed by atoms with E-state index >= 15 is 0 Å². The van der Waals surface area contributed by atoms with Gasteiger partial charge < -0.3 is 10.7 Å². The van der Waals surface area contributed by atoms with Gasteiger partial charge in [0.25, 0.3) is 5.56 Å². The molecule has 0 spiro atoms. The molecule has 0 bridgehead atoms. The van der Waals surface area contributed by atoms with Crippen molar-refractivity contribution in [2.75, 3.05) is 5.73 Å². The van der Waals surface area contributed by atoms with Crippen LogP contribution in [0.3, 0.4) is 0 Å². The van der Waals surface area contributed by atoms with Crippen LogP contribution in [0.15, 0.2) is 53.8 Å². The summed E-state index contributed by atoms with van der Waals surface area (Å²) in [5.74, 6) is 0.327. The molecule has 118 valence electrons. The number of halogens is 1. The first-order valence-corrected chi connectivity index (χ1v) is 7.07.